The van der Waals surface area contributed by atoms with Gasteiger partial charge in [0.15, 0.2) is 4.34 Å². The number of nitrogens with one attached hydrogen (secondary N) is 2. The van der Waals surface area contributed by atoms with Crippen molar-refractivity contribution in [3.63, 3.8) is 0 Å². The number of hydrogen-bond acceptors (Lipinski definition) is 7. The summed E-state index contributed by atoms with van der Waals surface area (Å²) in [7, 11) is 0. The monoisotopic (exact) mass is 402 g/mol. The Labute approximate surface area is 158 Å². The maximum atomic E-state index is 12.4. The highest BCUT2D eigenvalue weighted by Crippen LogP contribution is 2.31. The second-order valence-corrected chi connectivity index (χ2v) is 7.84. The molecule has 0 radical (unpaired) electrons. The van der Waals surface area contributed by atoms with Crippen LogP contribution in [-0.4, -0.2) is 34.5 Å². The summed E-state index contributed by atoms with van der Waals surface area (Å²) in [6.07, 6.45) is 2.13. The van der Waals surface area contributed by atoms with Crippen molar-refractivity contribution in [3.8, 4) is 5.75 Å². The molecule has 6 nitrogen and oxygen atoms in total. The van der Waals surface area contributed by atoms with E-state index in [-0.39, 0.29) is 17.3 Å². The standard InChI is InChI=1S/C16H20F2N4O2S2/c1-3-4-9-19-15-21-22-16(26-15)25-10(2)13(23)20-11-7-5-6-8-12(11)24-14(17)18/h5-8,10,14H,3-4,9H2,1-2H3,(H,19,21)(H,20,23)/t10-/m1/s1. The summed E-state index contributed by atoms with van der Waals surface area (Å²) in [5.74, 6) is -0.414. The lowest BCUT2D eigenvalue weighted by atomic mass is 10.3. The van der Waals surface area contributed by atoms with Gasteiger partial charge in [0.05, 0.1) is 10.9 Å². The molecule has 1 amide bonds. The third-order valence-corrected chi connectivity index (χ3v) is 5.29. The van der Waals surface area contributed by atoms with Gasteiger partial charge < -0.3 is 15.4 Å². The first kappa shape index (κ1) is 20.4. The Morgan fingerprint density at radius 2 is 2.12 bits per heavy atom. The van der Waals surface area contributed by atoms with Crippen molar-refractivity contribution in [2.24, 2.45) is 0 Å². The van der Waals surface area contributed by atoms with Crippen molar-refractivity contribution >= 4 is 39.8 Å². The Morgan fingerprint density at radius 1 is 1.35 bits per heavy atom. The number of aromatic nitrogens is 2. The Hall–Kier alpha value is -1.94. The smallest absolute Gasteiger partial charge is 0.387 e. The van der Waals surface area contributed by atoms with Crippen LogP contribution in [-0.2, 0) is 4.79 Å². The second kappa shape index (κ2) is 10.3. The van der Waals surface area contributed by atoms with Gasteiger partial charge in [-0.1, -0.05) is 48.6 Å². The summed E-state index contributed by atoms with van der Waals surface area (Å²) in [6, 6.07) is 6.07. The lowest BCUT2D eigenvalue weighted by molar-refractivity contribution is -0.115. The third kappa shape index (κ3) is 6.41. The van der Waals surface area contributed by atoms with Crippen LogP contribution in [0.5, 0.6) is 5.75 Å². The summed E-state index contributed by atoms with van der Waals surface area (Å²) in [4.78, 5) is 12.3. The number of ether oxygens (including phenoxy) is 1. The molecule has 0 fully saturated rings. The minimum absolute atomic E-state index is 0.0774. The minimum atomic E-state index is -2.96. The van der Waals surface area contributed by atoms with E-state index in [9.17, 15) is 13.6 Å². The van der Waals surface area contributed by atoms with E-state index >= 15 is 0 Å². The molecule has 0 aliphatic carbocycles. The number of carbonyl (C=O) groups is 1. The van der Waals surface area contributed by atoms with E-state index in [1.165, 1.54) is 35.2 Å². The first-order chi connectivity index (χ1) is 12.5. The molecule has 2 aromatic rings. The van der Waals surface area contributed by atoms with Gasteiger partial charge in [0.25, 0.3) is 0 Å². The molecule has 10 heteroatoms. The van der Waals surface area contributed by atoms with E-state index in [1.54, 1.807) is 19.1 Å². The number of anilines is 2. The summed E-state index contributed by atoms with van der Waals surface area (Å²) in [5, 5.41) is 14.1. The second-order valence-electron chi connectivity index (χ2n) is 5.28. The van der Waals surface area contributed by atoms with Gasteiger partial charge >= 0.3 is 6.61 Å². The molecular weight excluding hydrogens is 382 g/mol. The zero-order valence-corrected chi connectivity index (χ0v) is 16.0. The SMILES string of the molecule is CCCCNc1nnc(S[C@H](C)C(=O)Nc2ccccc2OC(F)F)s1. The third-order valence-electron chi connectivity index (χ3n) is 3.22. The summed E-state index contributed by atoms with van der Waals surface area (Å²) < 4.78 is 29.9. The lowest BCUT2D eigenvalue weighted by Gasteiger charge is -2.14. The molecule has 1 heterocycles. The Kier molecular flexibility index (Phi) is 8.05. The number of rotatable bonds is 10. The summed E-state index contributed by atoms with van der Waals surface area (Å²) in [5.41, 5.74) is 0.199. The van der Waals surface area contributed by atoms with E-state index in [2.05, 4.69) is 32.5 Å². The number of unbranched alkanes of at least 4 members (excludes halogenated alkanes) is 1. The van der Waals surface area contributed by atoms with Crippen molar-refractivity contribution in [1.29, 1.82) is 0 Å². The summed E-state index contributed by atoms with van der Waals surface area (Å²) >= 11 is 2.63. The van der Waals surface area contributed by atoms with Crippen molar-refractivity contribution in [2.45, 2.75) is 42.9 Å². The Bertz CT molecular complexity index is 715. The number of nitrogens with zero attached hydrogens (tertiary/aromatic N) is 2. The molecule has 0 saturated carbocycles. The van der Waals surface area contributed by atoms with Crippen LogP contribution in [0.3, 0.4) is 0 Å². The molecule has 2 rings (SSSR count). The van der Waals surface area contributed by atoms with E-state index in [0.717, 1.165) is 19.4 Å². The largest absolute Gasteiger partial charge is 0.433 e. The molecule has 26 heavy (non-hydrogen) atoms. The molecule has 0 bridgehead atoms. The predicted octanol–water partition coefficient (Wildman–Crippen LogP) is 4.47. The van der Waals surface area contributed by atoms with Crippen molar-refractivity contribution in [3.05, 3.63) is 24.3 Å². The molecular formula is C16H20F2N4O2S2. The Balaban J connectivity index is 1.92. The molecule has 1 atom stereocenters. The van der Waals surface area contributed by atoms with Crippen LogP contribution in [0.2, 0.25) is 0 Å². The van der Waals surface area contributed by atoms with Gasteiger partial charge in [-0.25, -0.2) is 0 Å². The van der Waals surface area contributed by atoms with Gasteiger partial charge in [0.2, 0.25) is 11.0 Å². The fourth-order valence-corrected chi connectivity index (χ4v) is 3.83. The first-order valence-corrected chi connectivity index (χ1v) is 9.78. The molecule has 0 aliphatic heterocycles. The molecule has 0 aliphatic rings. The topological polar surface area (TPSA) is 76.1 Å². The fraction of sp³-hybridized carbons (Fsp3) is 0.438. The van der Waals surface area contributed by atoms with Gasteiger partial charge in [-0.05, 0) is 25.5 Å². The van der Waals surface area contributed by atoms with Gasteiger partial charge in [0.1, 0.15) is 5.75 Å². The van der Waals surface area contributed by atoms with Crippen LogP contribution < -0.4 is 15.4 Å². The average Bonchev–Trinajstić information content (AvgIpc) is 3.03. The van der Waals surface area contributed by atoms with Crippen LogP contribution in [0.25, 0.3) is 0 Å². The van der Waals surface area contributed by atoms with Crippen LogP contribution in [0.1, 0.15) is 26.7 Å². The predicted molar refractivity (Wildman–Crippen MR) is 100 cm³/mol. The quantitative estimate of drug-likeness (QED) is 0.451. The molecule has 1 aromatic heterocycles. The minimum Gasteiger partial charge on any atom is -0.433 e. The number of halogens is 2. The van der Waals surface area contributed by atoms with Gasteiger partial charge in [-0.3, -0.25) is 4.79 Å². The maximum absolute atomic E-state index is 12.4. The maximum Gasteiger partial charge on any atom is 0.387 e. The van der Waals surface area contributed by atoms with Gasteiger partial charge in [0, 0.05) is 6.54 Å². The average molecular weight is 402 g/mol. The number of thioether (sulfide) groups is 1. The zero-order valence-electron chi connectivity index (χ0n) is 14.4. The van der Waals surface area contributed by atoms with E-state index < -0.39 is 11.9 Å². The highest BCUT2D eigenvalue weighted by molar-refractivity contribution is 8.02. The molecule has 142 valence electrons. The van der Waals surface area contributed by atoms with E-state index in [4.69, 9.17) is 0 Å². The number of hydrogen-bond donors (Lipinski definition) is 2. The normalized spacial score (nSPS) is 12.0. The van der Waals surface area contributed by atoms with Crippen molar-refractivity contribution in [1.82, 2.24) is 10.2 Å². The summed E-state index contributed by atoms with van der Waals surface area (Å²) in [6.45, 7) is 1.68. The molecule has 1 aromatic carbocycles. The van der Waals surface area contributed by atoms with Crippen LogP contribution in [0.15, 0.2) is 28.6 Å². The van der Waals surface area contributed by atoms with E-state index in [0.29, 0.717) is 9.47 Å². The van der Waals surface area contributed by atoms with E-state index in [1.807, 2.05) is 0 Å². The molecule has 0 saturated heterocycles. The zero-order chi connectivity index (χ0) is 18.9. The van der Waals surface area contributed by atoms with Crippen molar-refractivity contribution < 1.29 is 18.3 Å². The highest BCUT2D eigenvalue weighted by Gasteiger charge is 2.19. The van der Waals surface area contributed by atoms with Crippen LogP contribution >= 0.6 is 23.1 Å². The fourth-order valence-electron chi connectivity index (χ4n) is 1.91. The lowest BCUT2D eigenvalue weighted by Crippen LogP contribution is -2.23. The van der Waals surface area contributed by atoms with Gasteiger partial charge in [-0.15, -0.1) is 10.2 Å². The van der Waals surface area contributed by atoms with Crippen LogP contribution in [0.4, 0.5) is 19.6 Å². The number of benzene rings is 1. The van der Waals surface area contributed by atoms with Crippen LogP contribution in [0, 0.1) is 0 Å². The molecule has 0 spiro atoms. The number of carbonyl (C=O) groups excluding carboxylic acids is 1. The Morgan fingerprint density at radius 3 is 2.85 bits per heavy atom. The molecule has 2 N–H and O–H groups in total. The molecule has 0 unspecified atom stereocenters. The highest BCUT2D eigenvalue weighted by atomic mass is 32.2. The van der Waals surface area contributed by atoms with Gasteiger partial charge in [-0.2, -0.15) is 8.78 Å². The number of para-hydroxylation sites is 2. The first-order valence-electron chi connectivity index (χ1n) is 8.08. The van der Waals surface area contributed by atoms with Crippen molar-refractivity contribution in [2.75, 3.05) is 17.2 Å². The number of amides is 1. The number of alkyl halides is 2.